The number of imidazole rings is 1. The number of fused-ring (bicyclic) bond motifs is 3. The minimum atomic E-state index is -0.369. The number of nitrogens with zero attached hydrogens (tertiary/aromatic N) is 5. The second-order valence-corrected chi connectivity index (χ2v) is 8.37. The zero-order valence-corrected chi connectivity index (χ0v) is 17.7. The Labute approximate surface area is 169 Å². The van der Waals surface area contributed by atoms with E-state index in [9.17, 15) is 9.59 Å². The van der Waals surface area contributed by atoms with Gasteiger partial charge in [-0.05, 0) is 49.9 Å². The van der Waals surface area contributed by atoms with E-state index >= 15 is 0 Å². The van der Waals surface area contributed by atoms with Gasteiger partial charge in [0.25, 0.3) is 5.56 Å². The van der Waals surface area contributed by atoms with E-state index in [1.54, 1.807) is 7.05 Å². The molecule has 152 valence electrons. The van der Waals surface area contributed by atoms with Gasteiger partial charge < -0.3 is 9.47 Å². The Balaban J connectivity index is 2.00. The summed E-state index contributed by atoms with van der Waals surface area (Å²) < 4.78 is 4.68. The molecule has 3 aromatic rings. The lowest BCUT2D eigenvalue weighted by molar-refractivity contribution is 0.458. The molecule has 4 rings (SSSR count). The molecule has 3 heterocycles. The van der Waals surface area contributed by atoms with Gasteiger partial charge in [-0.1, -0.05) is 25.1 Å². The van der Waals surface area contributed by atoms with Gasteiger partial charge in [-0.2, -0.15) is 4.98 Å². The summed E-state index contributed by atoms with van der Waals surface area (Å²) in [6.45, 7) is 13.7. The molecule has 1 aliphatic rings. The summed E-state index contributed by atoms with van der Waals surface area (Å²) >= 11 is 0. The van der Waals surface area contributed by atoms with Crippen LogP contribution in [0.4, 0.5) is 11.6 Å². The SMILES string of the molecule is C=C(C)Cn1c(=O)c2c(nc3n2C[C@H](C)CN3c2ccc(C)c(C)c2)n(C)c1=O. The number of allylic oxidation sites excluding steroid dienone is 1. The Kier molecular flexibility index (Phi) is 4.48. The fourth-order valence-corrected chi connectivity index (χ4v) is 4.03. The van der Waals surface area contributed by atoms with Crippen molar-refractivity contribution in [1.29, 1.82) is 0 Å². The van der Waals surface area contributed by atoms with Crippen LogP contribution in [0.5, 0.6) is 0 Å². The maximum atomic E-state index is 13.2. The summed E-state index contributed by atoms with van der Waals surface area (Å²) in [6.07, 6.45) is 0. The zero-order chi connectivity index (χ0) is 21.0. The molecule has 7 nitrogen and oxygen atoms in total. The average Bonchev–Trinajstić information content (AvgIpc) is 3.04. The molecular formula is C22H27N5O2. The minimum absolute atomic E-state index is 0.207. The van der Waals surface area contributed by atoms with Gasteiger partial charge in [-0.15, -0.1) is 0 Å². The second-order valence-electron chi connectivity index (χ2n) is 8.37. The van der Waals surface area contributed by atoms with Crippen molar-refractivity contribution in [2.45, 2.75) is 40.8 Å². The first-order chi connectivity index (χ1) is 13.7. The Hall–Kier alpha value is -3.09. The van der Waals surface area contributed by atoms with Gasteiger partial charge in [-0.25, -0.2) is 4.79 Å². The first-order valence-electron chi connectivity index (χ1n) is 9.88. The molecule has 0 amide bonds. The summed E-state index contributed by atoms with van der Waals surface area (Å²) in [6, 6.07) is 6.34. The van der Waals surface area contributed by atoms with Crippen LogP contribution in [0.3, 0.4) is 0 Å². The molecule has 0 N–H and O–H groups in total. The number of benzene rings is 1. The number of hydrogen-bond acceptors (Lipinski definition) is 4. The van der Waals surface area contributed by atoms with Crippen molar-refractivity contribution in [3.05, 3.63) is 62.3 Å². The molecule has 0 saturated heterocycles. The van der Waals surface area contributed by atoms with E-state index in [1.807, 2.05) is 11.5 Å². The predicted octanol–water partition coefficient (Wildman–Crippen LogP) is 2.88. The van der Waals surface area contributed by atoms with Crippen LogP contribution in [0.15, 0.2) is 39.9 Å². The van der Waals surface area contributed by atoms with Crippen molar-refractivity contribution in [1.82, 2.24) is 18.7 Å². The second kappa shape index (κ2) is 6.76. The van der Waals surface area contributed by atoms with Crippen LogP contribution in [-0.2, 0) is 20.1 Å². The van der Waals surface area contributed by atoms with Crippen LogP contribution in [0.1, 0.15) is 25.0 Å². The van der Waals surface area contributed by atoms with Gasteiger partial charge in [0.05, 0.1) is 6.54 Å². The number of rotatable bonds is 3. The van der Waals surface area contributed by atoms with E-state index in [-0.39, 0.29) is 17.8 Å². The fourth-order valence-electron chi connectivity index (χ4n) is 4.03. The molecule has 29 heavy (non-hydrogen) atoms. The molecule has 0 aliphatic carbocycles. The van der Waals surface area contributed by atoms with Crippen molar-refractivity contribution >= 4 is 22.8 Å². The largest absolute Gasteiger partial charge is 0.332 e. The Morgan fingerprint density at radius 3 is 2.59 bits per heavy atom. The Morgan fingerprint density at radius 2 is 1.93 bits per heavy atom. The van der Waals surface area contributed by atoms with E-state index in [2.05, 4.69) is 50.4 Å². The summed E-state index contributed by atoms with van der Waals surface area (Å²) in [5.41, 5.74) is 4.47. The van der Waals surface area contributed by atoms with Crippen LogP contribution in [0, 0.1) is 19.8 Å². The average molecular weight is 393 g/mol. The normalized spacial score (nSPS) is 16.3. The fraction of sp³-hybridized carbons (Fsp3) is 0.409. The molecule has 0 radical (unpaired) electrons. The highest BCUT2D eigenvalue weighted by Gasteiger charge is 2.29. The standard InChI is InChI=1S/C22H27N5O2/c1-13(2)10-27-20(28)18-19(24(6)22(27)29)23-21-25(11-14(3)12-26(18)21)17-8-7-15(4)16(5)9-17/h7-9,14H,1,10-12H2,2-6H3/t14-/m1/s1. The summed E-state index contributed by atoms with van der Waals surface area (Å²) in [5.74, 6) is 1.04. The lowest BCUT2D eigenvalue weighted by atomic mass is 10.1. The van der Waals surface area contributed by atoms with E-state index in [0.29, 0.717) is 29.6 Å². The van der Waals surface area contributed by atoms with Crippen molar-refractivity contribution in [2.24, 2.45) is 13.0 Å². The molecule has 0 spiro atoms. The number of hydrogen-bond donors (Lipinski definition) is 0. The zero-order valence-electron chi connectivity index (χ0n) is 17.7. The number of anilines is 2. The summed E-state index contributed by atoms with van der Waals surface area (Å²) in [5, 5.41) is 0. The van der Waals surface area contributed by atoms with Gasteiger partial charge in [-0.3, -0.25) is 13.9 Å². The molecule has 0 unspecified atom stereocenters. The highest BCUT2D eigenvalue weighted by Crippen LogP contribution is 2.33. The van der Waals surface area contributed by atoms with Crippen molar-refractivity contribution < 1.29 is 0 Å². The molecule has 0 fully saturated rings. The lowest BCUT2D eigenvalue weighted by Crippen LogP contribution is -2.40. The minimum Gasteiger partial charge on any atom is -0.312 e. The van der Waals surface area contributed by atoms with Crippen molar-refractivity contribution in [2.75, 3.05) is 11.4 Å². The van der Waals surface area contributed by atoms with Gasteiger partial charge in [0, 0.05) is 25.8 Å². The number of aryl methyl sites for hydroxylation is 3. The smallest absolute Gasteiger partial charge is 0.312 e. The molecule has 1 atom stereocenters. The van der Waals surface area contributed by atoms with Crippen LogP contribution in [-0.4, -0.2) is 25.2 Å². The molecule has 0 saturated carbocycles. The third-order valence-corrected chi connectivity index (χ3v) is 5.67. The highest BCUT2D eigenvalue weighted by molar-refractivity contribution is 5.77. The molecule has 0 bridgehead atoms. The molecule has 2 aromatic heterocycles. The summed E-state index contributed by atoms with van der Waals surface area (Å²) in [4.78, 5) is 32.9. The quantitative estimate of drug-likeness (QED) is 0.642. The van der Waals surface area contributed by atoms with Crippen LogP contribution < -0.4 is 16.1 Å². The molecule has 7 heteroatoms. The predicted molar refractivity (Wildman–Crippen MR) is 116 cm³/mol. The van der Waals surface area contributed by atoms with Gasteiger partial charge in [0.1, 0.15) is 0 Å². The third kappa shape index (κ3) is 3.01. The van der Waals surface area contributed by atoms with Crippen molar-refractivity contribution in [3.63, 3.8) is 0 Å². The molecule has 1 aliphatic heterocycles. The topological polar surface area (TPSA) is 65.1 Å². The van der Waals surface area contributed by atoms with E-state index < -0.39 is 0 Å². The van der Waals surface area contributed by atoms with E-state index in [0.717, 1.165) is 17.8 Å². The monoisotopic (exact) mass is 393 g/mol. The van der Waals surface area contributed by atoms with E-state index in [1.165, 1.54) is 20.3 Å². The van der Waals surface area contributed by atoms with Crippen molar-refractivity contribution in [3.8, 4) is 0 Å². The van der Waals surface area contributed by atoms with Gasteiger partial charge in [0.15, 0.2) is 11.2 Å². The lowest BCUT2D eigenvalue weighted by Gasteiger charge is -2.33. The highest BCUT2D eigenvalue weighted by atomic mass is 16.2. The Bertz CT molecular complexity index is 1260. The van der Waals surface area contributed by atoms with Gasteiger partial charge in [0.2, 0.25) is 5.95 Å². The first-order valence-corrected chi connectivity index (χ1v) is 9.88. The maximum Gasteiger partial charge on any atom is 0.332 e. The first kappa shape index (κ1) is 19.2. The van der Waals surface area contributed by atoms with Crippen LogP contribution >= 0.6 is 0 Å². The third-order valence-electron chi connectivity index (χ3n) is 5.67. The maximum absolute atomic E-state index is 13.2. The molecular weight excluding hydrogens is 366 g/mol. The molecule has 1 aromatic carbocycles. The summed E-state index contributed by atoms with van der Waals surface area (Å²) in [7, 11) is 1.67. The number of aromatic nitrogens is 4. The van der Waals surface area contributed by atoms with E-state index in [4.69, 9.17) is 4.98 Å². The Morgan fingerprint density at radius 1 is 1.21 bits per heavy atom. The van der Waals surface area contributed by atoms with Crippen LogP contribution in [0.25, 0.3) is 11.2 Å². The van der Waals surface area contributed by atoms with Crippen LogP contribution in [0.2, 0.25) is 0 Å². The van der Waals surface area contributed by atoms with Gasteiger partial charge >= 0.3 is 5.69 Å².